The molecule has 0 spiro atoms. The first-order valence-corrected chi connectivity index (χ1v) is 13.4. The maximum Gasteiger partial charge on any atom is 0.420 e. The topological polar surface area (TPSA) is 205 Å². The summed E-state index contributed by atoms with van der Waals surface area (Å²) in [4.78, 5) is 51.0. The molecule has 41 heavy (non-hydrogen) atoms. The highest BCUT2D eigenvalue weighted by Crippen LogP contribution is 2.27. The van der Waals surface area contributed by atoms with Crippen LogP contribution in [0.1, 0.15) is 26.3 Å². The van der Waals surface area contributed by atoms with Gasteiger partial charge in [0.05, 0.1) is 31.2 Å². The molecule has 0 atom stereocenters. The summed E-state index contributed by atoms with van der Waals surface area (Å²) in [5.74, 6) is -1.25. The summed E-state index contributed by atoms with van der Waals surface area (Å²) in [5.41, 5.74) is 6.07. The first-order valence-electron chi connectivity index (χ1n) is 11.9. The van der Waals surface area contributed by atoms with Crippen LogP contribution in [0.2, 0.25) is 0 Å². The molecule has 0 aliphatic heterocycles. The van der Waals surface area contributed by atoms with Gasteiger partial charge in [-0.15, -0.1) is 0 Å². The predicted octanol–water partition coefficient (Wildman–Crippen LogP) is 0.764. The lowest BCUT2D eigenvalue weighted by atomic mass is 10.1. The van der Waals surface area contributed by atoms with Crippen molar-refractivity contribution in [3.05, 3.63) is 77.5 Å². The second-order valence-corrected chi connectivity index (χ2v) is 9.86. The lowest BCUT2D eigenvalue weighted by Gasteiger charge is -2.10. The lowest BCUT2D eigenvalue weighted by Crippen LogP contribution is -2.37. The van der Waals surface area contributed by atoms with Gasteiger partial charge in [-0.2, -0.15) is 0 Å². The Balaban J connectivity index is 1.54. The summed E-state index contributed by atoms with van der Waals surface area (Å²) in [6.45, 7) is -0.105. The molecule has 4 amide bonds. The molecule has 2 aromatic carbocycles. The second-order valence-electron chi connectivity index (χ2n) is 8.18. The molecular formula is C26H27N5O9S. The van der Waals surface area contributed by atoms with Crippen molar-refractivity contribution in [2.45, 2.75) is 11.3 Å². The normalized spacial score (nSPS) is 10.7. The van der Waals surface area contributed by atoms with Crippen LogP contribution in [0, 0.1) is 0 Å². The van der Waals surface area contributed by atoms with Gasteiger partial charge in [0.25, 0.3) is 21.8 Å². The monoisotopic (exact) mass is 585 g/mol. The van der Waals surface area contributed by atoms with Crippen molar-refractivity contribution in [3.63, 3.8) is 0 Å². The van der Waals surface area contributed by atoms with Crippen molar-refractivity contribution in [1.29, 1.82) is 0 Å². The highest BCUT2D eigenvalue weighted by molar-refractivity contribution is 7.90. The van der Waals surface area contributed by atoms with Crippen LogP contribution in [0.25, 0.3) is 0 Å². The Morgan fingerprint density at radius 1 is 0.878 bits per heavy atom. The lowest BCUT2D eigenvalue weighted by molar-refractivity contribution is -0.118. The van der Waals surface area contributed by atoms with Crippen molar-refractivity contribution in [2.75, 3.05) is 27.3 Å². The number of aromatic nitrogens is 1. The van der Waals surface area contributed by atoms with Crippen LogP contribution >= 0.6 is 0 Å². The van der Waals surface area contributed by atoms with E-state index in [0.29, 0.717) is 24.5 Å². The molecule has 216 valence electrons. The van der Waals surface area contributed by atoms with Gasteiger partial charge in [-0.25, -0.2) is 22.9 Å². The third-order valence-corrected chi connectivity index (χ3v) is 6.77. The number of pyridine rings is 1. The molecule has 3 aromatic rings. The number of nitrogens with zero attached hydrogens (tertiary/aromatic N) is 1. The maximum atomic E-state index is 12.7. The van der Waals surface area contributed by atoms with Crippen molar-refractivity contribution in [2.24, 2.45) is 5.73 Å². The number of rotatable bonds is 11. The van der Waals surface area contributed by atoms with Crippen LogP contribution in [0.5, 0.6) is 17.4 Å². The van der Waals surface area contributed by atoms with E-state index in [0.717, 1.165) is 17.8 Å². The third-order valence-electron chi connectivity index (χ3n) is 5.42. The second kappa shape index (κ2) is 13.9. The Hall–Kier alpha value is -5.02. The number of methoxy groups -OCH3 is 2. The summed E-state index contributed by atoms with van der Waals surface area (Å²) < 4.78 is 42.5. The number of nitrogens with two attached hydrogens (primary N) is 1. The van der Waals surface area contributed by atoms with Crippen molar-refractivity contribution >= 4 is 33.8 Å². The number of ether oxygens (including phenoxy) is 3. The number of nitrogens with one attached hydrogen (secondary N) is 3. The summed E-state index contributed by atoms with van der Waals surface area (Å²) >= 11 is 0. The third kappa shape index (κ3) is 8.48. The van der Waals surface area contributed by atoms with E-state index in [1.165, 1.54) is 44.6 Å². The molecule has 0 fully saturated rings. The number of hydrogen-bond acceptors (Lipinski definition) is 11. The standard InChI is InChI=1S/C26H27N5O9S/c1-38-20-9-3-16(13-21(20)39-2)11-12-28-24(33)17-4-7-19(8-5-17)41(36,37)31-25(34)18-6-10-23(29-15-18)40-26(35)30-22(32)14-27/h3-10,13,15H,11-12,14,27H2,1-2H3,(H,28,33)(H,31,34)(H,30,32,35). The highest BCUT2D eigenvalue weighted by atomic mass is 32.2. The minimum Gasteiger partial charge on any atom is -0.493 e. The molecule has 3 rings (SSSR count). The van der Waals surface area contributed by atoms with E-state index in [4.69, 9.17) is 19.9 Å². The fourth-order valence-corrected chi connectivity index (χ4v) is 4.32. The van der Waals surface area contributed by atoms with Gasteiger partial charge >= 0.3 is 6.09 Å². The average Bonchev–Trinajstić information content (AvgIpc) is 2.97. The summed E-state index contributed by atoms with van der Waals surface area (Å²) in [7, 11) is -1.22. The van der Waals surface area contributed by atoms with Gasteiger partial charge in [-0.1, -0.05) is 6.07 Å². The molecule has 0 saturated carbocycles. The van der Waals surface area contributed by atoms with Gasteiger partial charge in [0.2, 0.25) is 11.8 Å². The molecule has 0 aliphatic rings. The first kappa shape index (κ1) is 30.5. The molecule has 0 saturated heterocycles. The molecule has 0 unspecified atom stereocenters. The van der Waals surface area contributed by atoms with Crippen molar-refractivity contribution in [1.82, 2.24) is 20.3 Å². The van der Waals surface area contributed by atoms with E-state index >= 15 is 0 Å². The quantitative estimate of drug-likeness (QED) is 0.247. The van der Waals surface area contributed by atoms with Gasteiger partial charge in [0, 0.05) is 24.4 Å². The van der Waals surface area contributed by atoms with E-state index < -0.39 is 40.4 Å². The van der Waals surface area contributed by atoms with Crippen LogP contribution in [-0.4, -0.2) is 64.5 Å². The summed E-state index contributed by atoms with van der Waals surface area (Å²) in [6.07, 6.45) is 0.379. The van der Waals surface area contributed by atoms with Gasteiger partial charge in [-0.05, 0) is 54.4 Å². The average molecular weight is 586 g/mol. The number of carbonyl (C=O) groups excluding carboxylic acids is 4. The zero-order valence-corrected chi connectivity index (χ0v) is 22.8. The maximum absolute atomic E-state index is 12.7. The number of carbonyl (C=O) groups is 4. The Kier molecular flexibility index (Phi) is 10.3. The van der Waals surface area contributed by atoms with Crippen molar-refractivity contribution < 1.29 is 41.8 Å². The van der Waals surface area contributed by atoms with Crippen LogP contribution in [0.4, 0.5) is 4.79 Å². The molecule has 1 aromatic heterocycles. The molecule has 0 aliphatic carbocycles. The Labute approximate surface area is 235 Å². The minimum atomic E-state index is -4.29. The number of imide groups is 1. The molecule has 15 heteroatoms. The van der Waals surface area contributed by atoms with Gasteiger partial charge < -0.3 is 25.3 Å². The first-order chi connectivity index (χ1) is 19.6. The predicted molar refractivity (Wildman–Crippen MR) is 144 cm³/mol. The van der Waals surface area contributed by atoms with Gasteiger partial charge in [0.1, 0.15) is 0 Å². The Morgan fingerprint density at radius 3 is 2.17 bits per heavy atom. The van der Waals surface area contributed by atoms with E-state index in [-0.39, 0.29) is 21.9 Å². The van der Waals surface area contributed by atoms with E-state index in [9.17, 15) is 27.6 Å². The number of benzene rings is 2. The number of amides is 4. The largest absolute Gasteiger partial charge is 0.493 e. The van der Waals surface area contributed by atoms with Crippen LogP contribution in [0.3, 0.4) is 0 Å². The SMILES string of the molecule is COc1ccc(CCNC(=O)c2ccc(S(=O)(=O)NC(=O)c3ccc(OC(=O)NC(=O)CN)nc3)cc2)cc1OC. The van der Waals surface area contributed by atoms with E-state index in [2.05, 4.69) is 10.3 Å². The van der Waals surface area contributed by atoms with Crippen LogP contribution in [0.15, 0.2) is 65.7 Å². The zero-order valence-electron chi connectivity index (χ0n) is 22.0. The molecular weight excluding hydrogens is 558 g/mol. The summed E-state index contributed by atoms with van der Waals surface area (Å²) in [6, 6.07) is 12.7. The van der Waals surface area contributed by atoms with E-state index in [1.807, 2.05) is 22.2 Å². The zero-order chi connectivity index (χ0) is 30.0. The smallest absolute Gasteiger partial charge is 0.420 e. The molecule has 14 nitrogen and oxygen atoms in total. The van der Waals surface area contributed by atoms with Gasteiger partial charge in [-0.3, -0.25) is 19.7 Å². The Bertz CT molecular complexity index is 1530. The van der Waals surface area contributed by atoms with Crippen LogP contribution < -0.4 is 35.3 Å². The fraction of sp³-hybridized carbons (Fsp3) is 0.192. The molecule has 5 N–H and O–H groups in total. The van der Waals surface area contributed by atoms with Gasteiger partial charge in [0.15, 0.2) is 11.5 Å². The molecule has 1 heterocycles. The molecule has 0 radical (unpaired) electrons. The highest BCUT2D eigenvalue weighted by Gasteiger charge is 2.20. The molecule has 0 bridgehead atoms. The minimum absolute atomic E-state index is 0.148. The number of hydrogen-bond donors (Lipinski definition) is 4. The van der Waals surface area contributed by atoms with Crippen LogP contribution in [-0.2, 0) is 21.2 Å². The van der Waals surface area contributed by atoms with Crippen molar-refractivity contribution in [3.8, 4) is 17.4 Å². The summed E-state index contributed by atoms with van der Waals surface area (Å²) in [5, 5.41) is 4.60. The fourth-order valence-electron chi connectivity index (χ4n) is 3.34. The number of sulfonamides is 1. The van der Waals surface area contributed by atoms with E-state index in [1.54, 1.807) is 6.07 Å². The Morgan fingerprint density at radius 2 is 1.56 bits per heavy atom.